The normalized spacial score (nSPS) is 16.5. The summed E-state index contributed by atoms with van der Waals surface area (Å²) in [6.45, 7) is 1.95. The van der Waals surface area contributed by atoms with Gasteiger partial charge < -0.3 is 4.74 Å². The Hall–Kier alpha value is -1.80. The molecule has 0 N–H and O–H groups in total. The van der Waals surface area contributed by atoms with Gasteiger partial charge in [0.05, 0.1) is 10.6 Å². The van der Waals surface area contributed by atoms with Gasteiger partial charge in [0.15, 0.2) is 15.7 Å². The van der Waals surface area contributed by atoms with Gasteiger partial charge in [-0.2, -0.15) is 0 Å². The SMILES string of the molecule is O=S(=O)(CCCn1nnnc1C1CCOCC1)c1ccccc1. The number of aryl methyl sites for hydroxylation is 1. The van der Waals surface area contributed by atoms with E-state index in [2.05, 4.69) is 15.5 Å². The van der Waals surface area contributed by atoms with Crippen molar-refractivity contribution in [3.63, 3.8) is 0 Å². The highest BCUT2D eigenvalue weighted by molar-refractivity contribution is 7.91. The monoisotopic (exact) mass is 336 g/mol. The van der Waals surface area contributed by atoms with Crippen molar-refractivity contribution in [3.05, 3.63) is 36.2 Å². The van der Waals surface area contributed by atoms with Crippen molar-refractivity contribution in [1.29, 1.82) is 0 Å². The zero-order valence-electron chi connectivity index (χ0n) is 12.8. The third-order valence-corrected chi connectivity index (χ3v) is 5.85. The lowest BCUT2D eigenvalue weighted by Crippen LogP contribution is -2.19. The predicted molar refractivity (Wildman–Crippen MR) is 83.7 cm³/mol. The van der Waals surface area contributed by atoms with E-state index in [9.17, 15) is 8.42 Å². The van der Waals surface area contributed by atoms with E-state index in [-0.39, 0.29) is 5.75 Å². The molecule has 0 saturated carbocycles. The number of benzene rings is 1. The second kappa shape index (κ2) is 7.18. The van der Waals surface area contributed by atoms with Gasteiger partial charge in [0.2, 0.25) is 0 Å². The average molecular weight is 336 g/mol. The van der Waals surface area contributed by atoms with Crippen LogP contribution < -0.4 is 0 Å². The Labute approximate surface area is 135 Å². The topological polar surface area (TPSA) is 87.0 Å². The maximum atomic E-state index is 12.3. The molecule has 124 valence electrons. The second-order valence-electron chi connectivity index (χ2n) is 5.63. The highest BCUT2D eigenvalue weighted by atomic mass is 32.2. The maximum absolute atomic E-state index is 12.3. The zero-order chi connectivity index (χ0) is 16.1. The molecule has 23 heavy (non-hydrogen) atoms. The number of rotatable bonds is 6. The van der Waals surface area contributed by atoms with Crippen molar-refractivity contribution in [2.45, 2.75) is 36.6 Å². The number of nitrogens with zero attached hydrogens (tertiary/aromatic N) is 4. The van der Waals surface area contributed by atoms with Gasteiger partial charge in [-0.3, -0.25) is 0 Å². The molecule has 8 heteroatoms. The molecule has 1 fully saturated rings. The molecule has 3 rings (SSSR count). The third kappa shape index (κ3) is 3.94. The van der Waals surface area contributed by atoms with E-state index in [0.717, 1.165) is 31.9 Å². The molecule has 0 unspecified atom stereocenters. The van der Waals surface area contributed by atoms with Gasteiger partial charge in [-0.05, 0) is 41.8 Å². The zero-order valence-corrected chi connectivity index (χ0v) is 13.7. The van der Waals surface area contributed by atoms with Crippen LogP contribution in [0.3, 0.4) is 0 Å². The van der Waals surface area contributed by atoms with Crippen LogP contribution in [-0.2, 0) is 21.1 Å². The highest BCUT2D eigenvalue weighted by Crippen LogP contribution is 2.24. The van der Waals surface area contributed by atoms with Gasteiger partial charge in [-0.25, -0.2) is 13.1 Å². The van der Waals surface area contributed by atoms with Crippen molar-refractivity contribution in [3.8, 4) is 0 Å². The second-order valence-corrected chi connectivity index (χ2v) is 7.74. The van der Waals surface area contributed by atoms with Gasteiger partial charge in [0, 0.05) is 25.7 Å². The Morgan fingerprint density at radius 1 is 1.17 bits per heavy atom. The first-order valence-corrected chi connectivity index (χ1v) is 9.44. The molecule has 0 radical (unpaired) electrons. The number of sulfone groups is 1. The van der Waals surface area contributed by atoms with Crippen LogP contribution in [0.15, 0.2) is 35.2 Å². The van der Waals surface area contributed by atoms with Crippen LogP contribution >= 0.6 is 0 Å². The number of aromatic nitrogens is 4. The molecule has 2 aromatic rings. The molecule has 2 heterocycles. The van der Waals surface area contributed by atoms with Crippen molar-refractivity contribution < 1.29 is 13.2 Å². The summed E-state index contributed by atoms with van der Waals surface area (Å²) in [6.07, 6.45) is 2.30. The Kier molecular flexibility index (Phi) is 5.02. The van der Waals surface area contributed by atoms with E-state index in [1.54, 1.807) is 35.0 Å². The highest BCUT2D eigenvalue weighted by Gasteiger charge is 2.22. The number of ether oxygens (including phenoxy) is 1. The molecule has 1 aromatic carbocycles. The molecule has 7 nitrogen and oxygen atoms in total. The fourth-order valence-electron chi connectivity index (χ4n) is 2.77. The summed E-state index contributed by atoms with van der Waals surface area (Å²) in [4.78, 5) is 0.362. The molecule has 0 atom stereocenters. The molecule has 0 amide bonds. The number of hydrogen-bond donors (Lipinski definition) is 0. The van der Waals surface area contributed by atoms with Crippen LogP contribution in [0.1, 0.15) is 31.0 Å². The average Bonchev–Trinajstić information content (AvgIpc) is 3.05. The van der Waals surface area contributed by atoms with E-state index in [1.807, 2.05) is 0 Å². The molecular weight excluding hydrogens is 316 g/mol. The lowest BCUT2D eigenvalue weighted by molar-refractivity contribution is 0.0825. The summed E-state index contributed by atoms with van der Waals surface area (Å²) in [7, 11) is -3.25. The Morgan fingerprint density at radius 2 is 1.91 bits per heavy atom. The van der Waals surface area contributed by atoms with Crippen LogP contribution in [0.5, 0.6) is 0 Å². The van der Waals surface area contributed by atoms with Crippen LogP contribution in [0.2, 0.25) is 0 Å². The quantitative estimate of drug-likeness (QED) is 0.793. The molecule has 1 aliphatic heterocycles. The van der Waals surface area contributed by atoms with Crippen LogP contribution in [0.4, 0.5) is 0 Å². The van der Waals surface area contributed by atoms with E-state index in [1.165, 1.54) is 0 Å². The molecule has 0 aliphatic carbocycles. The Balaban J connectivity index is 1.60. The molecule has 1 aliphatic rings. The first-order valence-electron chi connectivity index (χ1n) is 7.78. The van der Waals surface area contributed by atoms with Crippen LogP contribution in [0.25, 0.3) is 0 Å². The molecule has 0 bridgehead atoms. The van der Waals surface area contributed by atoms with Gasteiger partial charge >= 0.3 is 0 Å². The lowest BCUT2D eigenvalue weighted by atomic mass is 9.99. The molecule has 0 spiro atoms. The maximum Gasteiger partial charge on any atom is 0.178 e. The standard InChI is InChI=1S/C15H20N4O3S/c20-23(21,14-5-2-1-3-6-14)12-4-9-19-15(16-17-18-19)13-7-10-22-11-8-13/h1-3,5-6,13H,4,7-12H2. The predicted octanol–water partition coefficient (Wildman–Crippen LogP) is 1.43. The fraction of sp³-hybridized carbons (Fsp3) is 0.533. The summed E-state index contributed by atoms with van der Waals surface area (Å²) in [5.41, 5.74) is 0. The van der Waals surface area contributed by atoms with Gasteiger partial charge in [-0.15, -0.1) is 5.10 Å². The summed E-state index contributed by atoms with van der Waals surface area (Å²) >= 11 is 0. The first-order chi connectivity index (χ1) is 11.2. The number of hydrogen-bond acceptors (Lipinski definition) is 6. The van der Waals surface area contributed by atoms with Crippen molar-refractivity contribution in [2.24, 2.45) is 0 Å². The Morgan fingerprint density at radius 3 is 2.65 bits per heavy atom. The van der Waals surface area contributed by atoms with Gasteiger partial charge in [0.1, 0.15) is 0 Å². The molecular formula is C15H20N4O3S. The largest absolute Gasteiger partial charge is 0.381 e. The summed E-state index contributed by atoms with van der Waals surface area (Å²) < 4.78 is 31.6. The van der Waals surface area contributed by atoms with Crippen molar-refractivity contribution in [1.82, 2.24) is 20.2 Å². The lowest BCUT2D eigenvalue weighted by Gasteiger charge is -2.20. The minimum atomic E-state index is -3.25. The third-order valence-electron chi connectivity index (χ3n) is 4.03. The number of tetrazole rings is 1. The summed E-state index contributed by atoms with van der Waals surface area (Å²) in [5, 5.41) is 11.9. The minimum absolute atomic E-state index is 0.0874. The fourth-order valence-corrected chi connectivity index (χ4v) is 4.09. The summed E-state index contributed by atoms with van der Waals surface area (Å²) in [5.74, 6) is 1.22. The van der Waals surface area contributed by atoms with E-state index in [0.29, 0.717) is 23.8 Å². The van der Waals surface area contributed by atoms with Crippen LogP contribution in [-0.4, -0.2) is 47.6 Å². The van der Waals surface area contributed by atoms with Crippen molar-refractivity contribution in [2.75, 3.05) is 19.0 Å². The molecule has 1 saturated heterocycles. The van der Waals surface area contributed by atoms with Gasteiger partial charge in [0.25, 0.3) is 0 Å². The smallest absolute Gasteiger partial charge is 0.178 e. The van der Waals surface area contributed by atoms with Crippen LogP contribution in [0, 0.1) is 0 Å². The van der Waals surface area contributed by atoms with E-state index < -0.39 is 9.84 Å². The Bertz CT molecular complexity index is 724. The van der Waals surface area contributed by atoms with Gasteiger partial charge in [-0.1, -0.05) is 18.2 Å². The van der Waals surface area contributed by atoms with E-state index >= 15 is 0 Å². The molecule has 1 aromatic heterocycles. The van der Waals surface area contributed by atoms with E-state index in [4.69, 9.17) is 4.74 Å². The first kappa shape index (κ1) is 16.1. The summed E-state index contributed by atoms with van der Waals surface area (Å²) in [6, 6.07) is 8.52. The minimum Gasteiger partial charge on any atom is -0.381 e. The van der Waals surface area contributed by atoms with Crippen molar-refractivity contribution >= 4 is 9.84 Å².